The van der Waals surface area contributed by atoms with Gasteiger partial charge in [-0.2, -0.15) is 0 Å². The molecular formula is C11H22N2O4. The van der Waals surface area contributed by atoms with E-state index in [4.69, 9.17) is 9.84 Å². The zero-order chi connectivity index (χ0) is 13.4. The molecule has 6 nitrogen and oxygen atoms in total. The summed E-state index contributed by atoms with van der Waals surface area (Å²) < 4.78 is 4.90. The van der Waals surface area contributed by atoms with Crippen LogP contribution in [0.5, 0.6) is 0 Å². The van der Waals surface area contributed by atoms with Gasteiger partial charge in [-0.15, -0.1) is 0 Å². The molecule has 0 radical (unpaired) electrons. The van der Waals surface area contributed by atoms with Gasteiger partial charge in [0.05, 0.1) is 19.7 Å². The maximum atomic E-state index is 11.6. The molecule has 0 fully saturated rings. The number of nitrogens with zero attached hydrogens (tertiary/aromatic N) is 1. The van der Waals surface area contributed by atoms with Crippen LogP contribution in [0.3, 0.4) is 0 Å². The van der Waals surface area contributed by atoms with Crippen LogP contribution in [-0.4, -0.2) is 60.8 Å². The minimum Gasteiger partial charge on any atom is -0.480 e. The molecule has 100 valence electrons. The number of hydrogen-bond acceptors (Lipinski definition) is 4. The monoisotopic (exact) mass is 246 g/mol. The molecule has 0 bridgehead atoms. The SMILES string of the molecule is COCC(C)NC(=O)CN(CC(=O)O)C(C)C. The number of aliphatic carboxylic acids is 1. The van der Waals surface area contributed by atoms with E-state index < -0.39 is 5.97 Å². The molecule has 0 saturated carbocycles. The molecular weight excluding hydrogens is 224 g/mol. The summed E-state index contributed by atoms with van der Waals surface area (Å²) >= 11 is 0. The number of carboxylic acid groups (broad SMARTS) is 1. The highest BCUT2D eigenvalue weighted by molar-refractivity contribution is 5.79. The van der Waals surface area contributed by atoms with Crippen molar-refractivity contribution in [3.63, 3.8) is 0 Å². The van der Waals surface area contributed by atoms with Gasteiger partial charge in [0, 0.05) is 19.2 Å². The van der Waals surface area contributed by atoms with Crippen molar-refractivity contribution in [1.29, 1.82) is 0 Å². The Morgan fingerprint density at radius 1 is 1.29 bits per heavy atom. The molecule has 0 aliphatic rings. The Labute approximate surface area is 102 Å². The van der Waals surface area contributed by atoms with Crippen molar-refractivity contribution in [2.24, 2.45) is 0 Å². The molecule has 2 N–H and O–H groups in total. The standard InChI is InChI=1S/C11H22N2O4/c1-8(2)13(6-11(15)16)5-10(14)12-9(3)7-17-4/h8-9H,5-7H2,1-4H3,(H,12,14)(H,15,16). The van der Waals surface area contributed by atoms with Crippen molar-refractivity contribution in [3.05, 3.63) is 0 Å². The number of nitrogens with one attached hydrogen (secondary N) is 1. The van der Waals surface area contributed by atoms with Gasteiger partial charge in [-0.1, -0.05) is 0 Å². The van der Waals surface area contributed by atoms with E-state index in [1.54, 1.807) is 12.0 Å². The van der Waals surface area contributed by atoms with E-state index in [1.165, 1.54) is 0 Å². The molecule has 0 aromatic heterocycles. The number of carbonyl (C=O) groups excluding carboxylic acids is 1. The van der Waals surface area contributed by atoms with Crippen molar-refractivity contribution in [2.45, 2.75) is 32.9 Å². The maximum absolute atomic E-state index is 11.6. The molecule has 1 atom stereocenters. The van der Waals surface area contributed by atoms with Crippen LogP contribution in [0.25, 0.3) is 0 Å². The summed E-state index contributed by atoms with van der Waals surface area (Å²) in [5, 5.41) is 11.5. The van der Waals surface area contributed by atoms with Gasteiger partial charge in [0.1, 0.15) is 0 Å². The van der Waals surface area contributed by atoms with Gasteiger partial charge in [-0.25, -0.2) is 0 Å². The van der Waals surface area contributed by atoms with Crippen LogP contribution < -0.4 is 5.32 Å². The maximum Gasteiger partial charge on any atom is 0.317 e. The second-order valence-corrected chi connectivity index (χ2v) is 4.32. The number of carboxylic acids is 1. The van der Waals surface area contributed by atoms with E-state index in [2.05, 4.69) is 5.32 Å². The van der Waals surface area contributed by atoms with Gasteiger partial charge in [0.25, 0.3) is 0 Å². The smallest absolute Gasteiger partial charge is 0.317 e. The molecule has 0 spiro atoms. The fraction of sp³-hybridized carbons (Fsp3) is 0.818. The lowest BCUT2D eigenvalue weighted by atomic mass is 10.3. The minimum absolute atomic E-state index is 0.00887. The van der Waals surface area contributed by atoms with E-state index >= 15 is 0 Å². The third kappa shape index (κ3) is 7.70. The predicted octanol–water partition coefficient (Wildman–Crippen LogP) is -0.0675. The second-order valence-electron chi connectivity index (χ2n) is 4.32. The summed E-state index contributed by atoms with van der Waals surface area (Å²) in [4.78, 5) is 23.8. The van der Waals surface area contributed by atoms with E-state index in [1.807, 2.05) is 20.8 Å². The third-order valence-electron chi connectivity index (χ3n) is 2.24. The molecule has 1 amide bonds. The minimum atomic E-state index is -0.934. The fourth-order valence-corrected chi connectivity index (χ4v) is 1.39. The van der Waals surface area contributed by atoms with Crippen molar-refractivity contribution in [1.82, 2.24) is 10.2 Å². The highest BCUT2D eigenvalue weighted by Crippen LogP contribution is 1.97. The van der Waals surface area contributed by atoms with E-state index in [0.717, 1.165) is 0 Å². The first kappa shape index (κ1) is 15.9. The van der Waals surface area contributed by atoms with Crippen LogP contribution in [0.15, 0.2) is 0 Å². The predicted molar refractivity (Wildman–Crippen MR) is 63.8 cm³/mol. The summed E-state index contributed by atoms with van der Waals surface area (Å²) in [7, 11) is 1.56. The topological polar surface area (TPSA) is 78.9 Å². The lowest BCUT2D eigenvalue weighted by Crippen LogP contribution is -2.46. The number of rotatable bonds is 8. The van der Waals surface area contributed by atoms with E-state index in [9.17, 15) is 9.59 Å². The molecule has 0 saturated heterocycles. The van der Waals surface area contributed by atoms with Gasteiger partial charge in [0.2, 0.25) is 5.91 Å². The molecule has 6 heteroatoms. The number of methoxy groups -OCH3 is 1. The van der Waals surface area contributed by atoms with Crippen LogP contribution >= 0.6 is 0 Å². The van der Waals surface area contributed by atoms with Crippen LogP contribution in [-0.2, 0) is 14.3 Å². The van der Waals surface area contributed by atoms with Crippen molar-refractivity contribution < 1.29 is 19.4 Å². The van der Waals surface area contributed by atoms with Gasteiger partial charge in [-0.05, 0) is 20.8 Å². The molecule has 0 aromatic rings. The Morgan fingerprint density at radius 2 is 1.88 bits per heavy atom. The average Bonchev–Trinajstić information content (AvgIpc) is 2.15. The molecule has 0 aromatic carbocycles. The zero-order valence-corrected chi connectivity index (χ0v) is 10.9. The summed E-state index contributed by atoms with van der Waals surface area (Å²) in [6.45, 7) is 5.93. The number of hydrogen-bond donors (Lipinski definition) is 2. The first-order valence-electron chi connectivity index (χ1n) is 5.61. The molecule has 0 aliphatic heterocycles. The summed E-state index contributed by atoms with van der Waals surface area (Å²) in [6.07, 6.45) is 0. The van der Waals surface area contributed by atoms with Crippen LogP contribution in [0.4, 0.5) is 0 Å². The Morgan fingerprint density at radius 3 is 2.29 bits per heavy atom. The average molecular weight is 246 g/mol. The van der Waals surface area contributed by atoms with Crippen molar-refractivity contribution in [3.8, 4) is 0 Å². The molecule has 1 unspecified atom stereocenters. The third-order valence-corrected chi connectivity index (χ3v) is 2.24. The van der Waals surface area contributed by atoms with Gasteiger partial charge >= 0.3 is 5.97 Å². The largest absolute Gasteiger partial charge is 0.480 e. The Bertz CT molecular complexity index is 256. The lowest BCUT2D eigenvalue weighted by Gasteiger charge is -2.24. The first-order valence-corrected chi connectivity index (χ1v) is 5.61. The fourth-order valence-electron chi connectivity index (χ4n) is 1.39. The quantitative estimate of drug-likeness (QED) is 0.627. The normalized spacial score (nSPS) is 12.8. The molecule has 17 heavy (non-hydrogen) atoms. The number of ether oxygens (including phenoxy) is 1. The highest BCUT2D eigenvalue weighted by Gasteiger charge is 2.17. The molecule has 0 aliphatic carbocycles. The Kier molecular flexibility index (Phi) is 7.49. The van der Waals surface area contributed by atoms with Gasteiger partial charge in [0.15, 0.2) is 0 Å². The van der Waals surface area contributed by atoms with E-state index in [0.29, 0.717) is 6.61 Å². The van der Waals surface area contributed by atoms with Gasteiger partial charge in [-0.3, -0.25) is 14.5 Å². The van der Waals surface area contributed by atoms with Gasteiger partial charge < -0.3 is 15.2 Å². The van der Waals surface area contributed by atoms with Crippen LogP contribution in [0.1, 0.15) is 20.8 Å². The molecule has 0 rings (SSSR count). The first-order chi connectivity index (χ1) is 7.86. The zero-order valence-electron chi connectivity index (χ0n) is 10.9. The highest BCUT2D eigenvalue weighted by atomic mass is 16.5. The molecule has 0 heterocycles. The number of amides is 1. The second kappa shape index (κ2) is 8.03. The Balaban J connectivity index is 4.16. The Hall–Kier alpha value is -1.14. The van der Waals surface area contributed by atoms with Crippen molar-refractivity contribution in [2.75, 3.05) is 26.8 Å². The summed E-state index contributed by atoms with van der Waals surface area (Å²) in [6, 6.07) is -0.0686. The summed E-state index contributed by atoms with van der Waals surface area (Å²) in [5.41, 5.74) is 0. The van der Waals surface area contributed by atoms with Crippen LogP contribution in [0.2, 0.25) is 0 Å². The van der Waals surface area contributed by atoms with E-state index in [-0.39, 0.29) is 31.1 Å². The van der Waals surface area contributed by atoms with Crippen molar-refractivity contribution >= 4 is 11.9 Å². The van der Waals surface area contributed by atoms with Crippen LogP contribution in [0, 0.1) is 0 Å². The lowest BCUT2D eigenvalue weighted by molar-refractivity contribution is -0.139. The number of carbonyl (C=O) groups is 2. The summed E-state index contributed by atoms with van der Waals surface area (Å²) in [5.74, 6) is -1.12.